The molecule has 0 aliphatic carbocycles. The van der Waals surface area contributed by atoms with Gasteiger partial charge in [-0.05, 0) is 24.0 Å². The zero-order valence-corrected chi connectivity index (χ0v) is 11.0. The maximum atomic E-state index is 11.7. The molecule has 1 aromatic carbocycles. The number of aliphatic hydroxyl groups is 1. The fourth-order valence-electron chi connectivity index (χ4n) is 1.73. The quantitative estimate of drug-likeness (QED) is 0.757. The van der Waals surface area contributed by atoms with Crippen LogP contribution in [0.15, 0.2) is 36.4 Å². The van der Waals surface area contributed by atoms with Crippen molar-refractivity contribution in [3.05, 3.63) is 42.0 Å². The molecular formula is C15H21NO2. The fraction of sp³-hybridized carbons (Fsp3) is 0.400. The Kier molecular flexibility index (Phi) is 6.15. The van der Waals surface area contributed by atoms with E-state index in [1.807, 2.05) is 30.3 Å². The molecule has 1 aromatic rings. The topological polar surface area (TPSA) is 49.3 Å². The molecule has 1 atom stereocenters. The van der Waals surface area contributed by atoms with E-state index in [4.69, 9.17) is 0 Å². The van der Waals surface area contributed by atoms with Gasteiger partial charge in [0.25, 0.3) is 0 Å². The second-order valence-corrected chi connectivity index (χ2v) is 4.76. The summed E-state index contributed by atoms with van der Waals surface area (Å²) in [5.41, 5.74) is 0.983. The van der Waals surface area contributed by atoms with Gasteiger partial charge in [-0.2, -0.15) is 0 Å². The van der Waals surface area contributed by atoms with Crippen LogP contribution in [0.5, 0.6) is 0 Å². The smallest absolute Gasteiger partial charge is 0.244 e. The van der Waals surface area contributed by atoms with Crippen LogP contribution in [0.1, 0.15) is 25.8 Å². The molecule has 0 fully saturated rings. The highest BCUT2D eigenvalue weighted by Crippen LogP contribution is 2.05. The lowest BCUT2D eigenvalue weighted by atomic mass is 10.0. The number of aliphatic hydroxyl groups excluding tert-OH is 1. The largest absolute Gasteiger partial charge is 0.394 e. The third-order valence-corrected chi connectivity index (χ3v) is 2.55. The van der Waals surface area contributed by atoms with Crippen LogP contribution in [0.2, 0.25) is 0 Å². The van der Waals surface area contributed by atoms with Crippen LogP contribution in [0.4, 0.5) is 0 Å². The number of hydrogen-bond acceptors (Lipinski definition) is 2. The van der Waals surface area contributed by atoms with Crippen molar-refractivity contribution in [3.8, 4) is 0 Å². The molecule has 0 aliphatic heterocycles. The van der Waals surface area contributed by atoms with Crippen LogP contribution in [-0.4, -0.2) is 23.7 Å². The Morgan fingerprint density at radius 3 is 2.56 bits per heavy atom. The average molecular weight is 247 g/mol. The monoisotopic (exact) mass is 247 g/mol. The minimum atomic E-state index is -0.169. The van der Waals surface area contributed by atoms with Gasteiger partial charge in [0.05, 0.1) is 12.6 Å². The zero-order valence-electron chi connectivity index (χ0n) is 11.0. The molecule has 98 valence electrons. The molecule has 0 saturated carbocycles. The third-order valence-electron chi connectivity index (χ3n) is 2.55. The van der Waals surface area contributed by atoms with Crippen molar-refractivity contribution in [2.45, 2.75) is 26.3 Å². The molecule has 2 N–H and O–H groups in total. The first-order valence-corrected chi connectivity index (χ1v) is 6.26. The van der Waals surface area contributed by atoms with Gasteiger partial charge in [0.1, 0.15) is 0 Å². The highest BCUT2D eigenvalue weighted by atomic mass is 16.3. The lowest BCUT2D eigenvalue weighted by molar-refractivity contribution is -0.117. The summed E-state index contributed by atoms with van der Waals surface area (Å²) in [7, 11) is 0. The SMILES string of the molecule is CC(C)C[C@H](CO)NC(=O)C=Cc1ccccc1. The lowest BCUT2D eigenvalue weighted by Crippen LogP contribution is -2.37. The Balaban J connectivity index is 2.48. The van der Waals surface area contributed by atoms with Gasteiger partial charge in [0.15, 0.2) is 0 Å². The number of benzene rings is 1. The minimum absolute atomic E-state index is 0.0247. The van der Waals surface area contributed by atoms with Crippen molar-refractivity contribution >= 4 is 12.0 Å². The Hall–Kier alpha value is -1.61. The molecule has 0 saturated heterocycles. The Morgan fingerprint density at radius 1 is 1.33 bits per heavy atom. The molecule has 0 aromatic heterocycles. The molecule has 1 rings (SSSR count). The van der Waals surface area contributed by atoms with E-state index in [1.165, 1.54) is 6.08 Å². The van der Waals surface area contributed by atoms with Gasteiger partial charge in [0.2, 0.25) is 5.91 Å². The molecule has 0 bridgehead atoms. The van der Waals surface area contributed by atoms with Crippen molar-refractivity contribution in [1.29, 1.82) is 0 Å². The number of carbonyl (C=O) groups excluding carboxylic acids is 1. The van der Waals surface area contributed by atoms with Crippen LogP contribution < -0.4 is 5.32 Å². The van der Waals surface area contributed by atoms with Crippen LogP contribution in [0, 0.1) is 5.92 Å². The molecule has 0 spiro atoms. The van der Waals surface area contributed by atoms with Crippen molar-refractivity contribution in [2.24, 2.45) is 5.92 Å². The van der Waals surface area contributed by atoms with E-state index >= 15 is 0 Å². The summed E-state index contributed by atoms with van der Waals surface area (Å²) >= 11 is 0. The van der Waals surface area contributed by atoms with E-state index in [0.29, 0.717) is 5.92 Å². The molecule has 1 amide bonds. The van der Waals surface area contributed by atoms with Crippen LogP contribution in [0.3, 0.4) is 0 Å². The number of carbonyl (C=O) groups is 1. The third kappa shape index (κ3) is 5.64. The second kappa shape index (κ2) is 7.67. The lowest BCUT2D eigenvalue weighted by Gasteiger charge is -2.17. The standard InChI is InChI=1S/C15H21NO2/c1-12(2)10-14(11-17)16-15(18)9-8-13-6-4-3-5-7-13/h3-9,12,14,17H,10-11H2,1-2H3,(H,16,18)/t14-/m1/s1. The van der Waals surface area contributed by atoms with E-state index < -0.39 is 0 Å². The average Bonchev–Trinajstić information content (AvgIpc) is 2.36. The van der Waals surface area contributed by atoms with Gasteiger partial charge in [-0.1, -0.05) is 44.2 Å². The zero-order chi connectivity index (χ0) is 13.4. The van der Waals surface area contributed by atoms with E-state index in [1.54, 1.807) is 6.08 Å². The van der Waals surface area contributed by atoms with E-state index in [-0.39, 0.29) is 18.6 Å². The molecule has 0 unspecified atom stereocenters. The molecule has 0 heterocycles. The van der Waals surface area contributed by atoms with Gasteiger partial charge in [-0.25, -0.2) is 0 Å². The first-order chi connectivity index (χ1) is 8.61. The van der Waals surface area contributed by atoms with Gasteiger partial charge < -0.3 is 10.4 Å². The Labute approximate surface area is 109 Å². The summed E-state index contributed by atoms with van der Waals surface area (Å²) in [6, 6.07) is 9.47. The van der Waals surface area contributed by atoms with Crippen molar-refractivity contribution < 1.29 is 9.90 Å². The highest BCUT2D eigenvalue weighted by Gasteiger charge is 2.10. The normalized spacial score (nSPS) is 12.9. The number of rotatable bonds is 6. The highest BCUT2D eigenvalue weighted by molar-refractivity contribution is 5.91. The maximum Gasteiger partial charge on any atom is 0.244 e. The predicted octanol–water partition coefficient (Wildman–Crippen LogP) is 2.22. The minimum Gasteiger partial charge on any atom is -0.394 e. The summed E-state index contributed by atoms with van der Waals surface area (Å²) < 4.78 is 0. The summed E-state index contributed by atoms with van der Waals surface area (Å²) in [6.07, 6.45) is 4.04. The summed E-state index contributed by atoms with van der Waals surface area (Å²) in [5.74, 6) is 0.277. The predicted molar refractivity (Wildman–Crippen MR) is 73.9 cm³/mol. The maximum absolute atomic E-state index is 11.7. The first kappa shape index (κ1) is 14.5. The van der Waals surface area contributed by atoms with Crippen molar-refractivity contribution in [3.63, 3.8) is 0 Å². The first-order valence-electron chi connectivity index (χ1n) is 6.26. The van der Waals surface area contributed by atoms with E-state index in [9.17, 15) is 9.90 Å². The summed E-state index contributed by atoms with van der Waals surface area (Å²) in [5, 5.41) is 12.0. The summed E-state index contributed by atoms with van der Waals surface area (Å²) in [6.45, 7) is 4.10. The number of hydrogen-bond donors (Lipinski definition) is 2. The molecule has 0 aliphatic rings. The number of amides is 1. The van der Waals surface area contributed by atoms with Crippen molar-refractivity contribution in [1.82, 2.24) is 5.32 Å². The Morgan fingerprint density at radius 2 is 2.00 bits per heavy atom. The van der Waals surface area contributed by atoms with Gasteiger partial charge in [-0.15, -0.1) is 0 Å². The molecular weight excluding hydrogens is 226 g/mol. The fourth-order valence-corrected chi connectivity index (χ4v) is 1.73. The molecule has 3 heteroatoms. The molecule has 0 radical (unpaired) electrons. The number of nitrogens with one attached hydrogen (secondary N) is 1. The van der Waals surface area contributed by atoms with Gasteiger partial charge in [0, 0.05) is 6.08 Å². The van der Waals surface area contributed by atoms with Crippen molar-refractivity contribution in [2.75, 3.05) is 6.61 Å². The van der Waals surface area contributed by atoms with Crippen LogP contribution in [0.25, 0.3) is 6.08 Å². The second-order valence-electron chi connectivity index (χ2n) is 4.76. The van der Waals surface area contributed by atoms with Crippen LogP contribution in [-0.2, 0) is 4.79 Å². The van der Waals surface area contributed by atoms with Gasteiger partial charge in [-0.3, -0.25) is 4.79 Å². The summed E-state index contributed by atoms with van der Waals surface area (Å²) in [4.78, 5) is 11.7. The van der Waals surface area contributed by atoms with E-state index in [0.717, 1.165) is 12.0 Å². The molecule has 18 heavy (non-hydrogen) atoms. The Bertz CT molecular complexity index is 385. The molecule has 3 nitrogen and oxygen atoms in total. The van der Waals surface area contributed by atoms with Gasteiger partial charge >= 0.3 is 0 Å². The van der Waals surface area contributed by atoms with E-state index in [2.05, 4.69) is 19.2 Å². The van der Waals surface area contributed by atoms with Crippen LogP contribution >= 0.6 is 0 Å².